The average molecular weight is 253 g/mol. The molecule has 3 rings (SSSR count). The van der Waals surface area contributed by atoms with E-state index in [-0.39, 0.29) is 0 Å². The molecule has 0 saturated heterocycles. The summed E-state index contributed by atoms with van der Waals surface area (Å²) >= 11 is 0. The molecule has 5 heteroatoms. The molecule has 5 nitrogen and oxygen atoms in total. The highest BCUT2D eigenvalue weighted by Crippen LogP contribution is 2.17. The molecule has 0 radical (unpaired) electrons. The average Bonchev–Trinajstić information content (AvgIpc) is 2.89. The predicted molar refractivity (Wildman–Crippen MR) is 71.4 cm³/mol. The van der Waals surface area contributed by atoms with Gasteiger partial charge in [0.2, 0.25) is 5.95 Å². The minimum Gasteiger partial charge on any atom is -0.350 e. The van der Waals surface area contributed by atoms with Gasteiger partial charge in [-0.2, -0.15) is 5.26 Å². The maximum absolute atomic E-state index is 8.88. The molecule has 1 aromatic carbocycles. The van der Waals surface area contributed by atoms with Crippen molar-refractivity contribution in [2.45, 2.75) is 32.4 Å². The Morgan fingerprint density at radius 2 is 2.26 bits per heavy atom. The van der Waals surface area contributed by atoms with Gasteiger partial charge in [0.1, 0.15) is 5.82 Å². The Labute approximate surface area is 111 Å². The molecular formula is C14H15N5. The van der Waals surface area contributed by atoms with Crippen molar-refractivity contribution in [1.82, 2.24) is 14.8 Å². The Kier molecular flexibility index (Phi) is 3.15. The van der Waals surface area contributed by atoms with E-state index in [1.807, 2.05) is 24.3 Å². The minimum atomic E-state index is 0.660. The second kappa shape index (κ2) is 5.11. The van der Waals surface area contributed by atoms with Gasteiger partial charge in [0.05, 0.1) is 11.6 Å². The summed E-state index contributed by atoms with van der Waals surface area (Å²) in [6.45, 7) is 1.65. The van der Waals surface area contributed by atoms with Crippen LogP contribution in [-0.2, 0) is 19.5 Å². The van der Waals surface area contributed by atoms with Crippen LogP contribution in [0.25, 0.3) is 0 Å². The standard InChI is InChI=1S/C14H15N5/c15-9-11-4-3-5-12(8-11)10-16-14-18-17-13-6-1-2-7-19(13)14/h3-5,8H,1-2,6-7,10H2,(H,16,18). The number of nitrogens with zero attached hydrogens (tertiary/aromatic N) is 4. The molecule has 0 aliphatic carbocycles. The molecular weight excluding hydrogens is 238 g/mol. The summed E-state index contributed by atoms with van der Waals surface area (Å²) in [5.41, 5.74) is 1.76. The van der Waals surface area contributed by atoms with E-state index in [9.17, 15) is 0 Å². The molecule has 19 heavy (non-hydrogen) atoms. The van der Waals surface area contributed by atoms with Crippen LogP contribution in [0.2, 0.25) is 0 Å². The monoisotopic (exact) mass is 253 g/mol. The molecule has 96 valence electrons. The fourth-order valence-electron chi connectivity index (χ4n) is 2.37. The predicted octanol–water partition coefficient (Wildman–Crippen LogP) is 2.10. The quantitative estimate of drug-likeness (QED) is 0.909. The SMILES string of the molecule is N#Cc1cccc(CNc2nnc3n2CCCC3)c1. The molecule has 1 aromatic heterocycles. The molecule has 1 aliphatic rings. The first-order chi connectivity index (χ1) is 9.36. The van der Waals surface area contributed by atoms with Crippen LogP contribution in [0, 0.1) is 11.3 Å². The first-order valence-electron chi connectivity index (χ1n) is 6.52. The summed E-state index contributed by atoms with van der Waals surface area (Å²) in [6.07, 6.45) is 3.39. The Morgan fingerprint density at radius 3 is 3.16 bits per heavy atom. The van der Waals surface area contributed by atoms with Crippen LogP contribution in [0.15, 0.2) is 24.3 Å². The van der Waals surface area contributed by atoms with Crippen LogP contribution < -0.4 is 5.32 Å². The number of hydrogen-bond acceptors (Lipinski definition) is 4. The third-order valence-corrected chi connectivity index (χ3v) is 3.37. The van der Waals surface area contributed by atoms with E-state index >= 15 is 0 Å². The largest absolute Gasteiger partial charge is 0.350 e. The zero-order chi connectivity index (χ0) is 13.1. The highest BCUT2D eigenvalue weighted by Gasteiger charge is 2.15. The smallest absolute Gasteiger partial charge is 0.224 e. The van der Waals surface area contributed by atoms with E-state index in [2.05, 4.69) is 26.2 Å². The van der Waals surface area contributed by atoms with Crippen molar-refractivity contribution in [1.29, 1.82) is 5.26 Å². The Hall–Kier alpha value is -2.35. The normalized spacial score (nSPS) is 13.6. The molecule has 2 aromatic rings. The van der Waals surface area contributed by atoms with E-state index in [1.165, 1.54) is 12.8 Å². The van der Waals surface area contributed by atoms with Crippen molar-refractivity contribution in [3.05, 3.63) is 41.2 Å². The first kappa shape index (κ1) is 11.7. The maximum Gasteiger partial charge on any atom is 0.224 e. The molecule has 2 heterocycles. The van der Waals surface area contributed by atoms with Gasteiger partial charge in [-0.3, -0.25) is 4.57 Å². The molecule has 1 aliphatic heterocycles. The molecule has 1 N–H and O–H groups in total. The summed E-state index contributed by atoms with van der Waals surface area (Å²) in [5.74, 6) is 1.90. The van der Waals surface area contributed by atoms with Gasteiger partial charge < -0.3 is 5.32 Å². The topological polar surface area (TPSA) is 66.5 Å². The number of aromatic nitrogens is 3. The number of anilines is 1. The number of benzene rings is 1. The van der Waals surface area contributed by atoms with E-state index in [0.717, 1.165) is 30.3 Å². The van der Waals surface area contributed by atoms with Crippen molar-refractivity contribution in [2.75, 3.05) is 5.32 Å². The maximum atomic E-state index is 8.88. The zero-order valence-corrected chi connectivity index (χ0v) is 10.6. The van der Waals surface area contributed by atoms with Crippen molar-refractivity contribution in [3.63, 3.8) is 0 Å². The molecule has 0 amide bonds. The Bertz CT molecular complexity index is 623. The third-order valence-electron chi connectivity index (χ3n) is 3.37. The fourth-order valence-corrected chi connectivity index (χ4v) is 2.37. The lowest BCUT2D eigenvalue weighted by atomic mass is 10.1. The summed E-state index contributed by atoms with van der Waals surface area (Å²) in [4.78, 5) is 0. The number of fused-ring (bicyclic) bond motifs is 1. The highest BCUT2D eigenvalue weighted by atomic mass is 15.3. The molecule has 0 saturated carbocycles. The van der Waals surface area contributed by atoms with E-state index in [1.54, 1.807) is 0 Å². The molecule has 0 atom stereocenters. The van der Waals surface area contributed by atoms with Gasteiger partial charge in [0.15, 0.2) is 0 Å². The van der Waals surface area contributed by atoms with Crippen LogP contribution in [0.4, 0.5) is 5.95 Å². The van der Waals surface area contributed by atoms with Gasteiger partial charge in [-0.05, 0) is 30.5 Å². The number of nitriles is 1. The van der Waals surface area contributed by atoms with E-state index < -0.39 is 0 Å². The van der Waals surface area contributed by atoms with E-state index in [0.29, 0.717) is 12.1 Å². The van der Waals surface area contributed by atoms with Crippen molar-refractivity contribution in [3.8, 4) is 6.07 Å². The van der Waals surface area contributed by atoms with Crippen molar-refractivity contribution >= 4 is 5.95 Å². The zero-order valence-electron chi connectivity index (χ0n) is 10.6. The van der Waals surface area contributed by atoms with Gasteiger partial charge >= 0.3 is 0 Å². The van der Waals surface area contributed by atoms with Crippen molar-refractivity contribution in [2.24, 2.45) is 0 Å². The van der Waals surface area contributed by atoms with Crippen LogP contribution in [0.1, 0.15) is 29.8 Å². The molecule has 0 bridgehead atoms. The van der Waals surface area contributed by atoms with Gasteiger partial charge in [-0.1, -0.05) is 12.1 Å². The van der Waals surface area contributed by atoms with Gasteiger partial charge in [-0.15, -0.1) is 10.2 Å². The third kappa shape index (κ3) is 2.43. The van der Waals surface area contributed by atoms with E-state index in [4.69, 9.17) is 5.26 Å². The minimum absolute atomic E-state index is 0.660. The van der Waals surface area contributed by atoms with Crippen LogP contribution in [0.5, 0.6) is 0 Å². The number of aryl methyl sites for hydroxylation is 1. The number of rotatable bonds is 3. The molecule has 0 unspecified atom stereocenters. The second-order valence-corrected chi connectivity index (χ2v) is 4.71. The number of hydrogen-bond donors (Lipinski definition) is 1. The Morgan fingerprint density at radius 1 is 1.32 bits per heavy atom. The van der Waals surface area contributed by atoms with Gasteiger partial charge in [0.25, 0.3) is 0 Å². The lowest BCUT2D eigenvalue weighted by Gasteiger charge is -2.15. The highest BCUT2D eigenvalue weighted by molar-refractivity contribution is 5.35. The van der Waals surface area contributed by atoms with Gasteiger partial charge in [0, 0.05) is 19.5 Å². The lowest BCUT2D eigenvalue weighted by Crippen LogP contribution is -2.14. The van der Waals surface area contributed by atoms with Crippen LogP contribution in [0.3, 0.4) is 0 Å². The summed E-state index contributed by atoms with van der Waals surface area (Å²) in [5, 5.41) is 20.6. The Balaban J connectivity index is 1.72. The molecule has 0 spiro atoms. The van der Waals surface area contributed by atoms with Crippen molar-refractivity contribution < 1.29 is 0 Å². The fraction of sp³-hybridized carbons (Fsp3) is 0.357. The van der Waals surface area contributed by atoms with Gasteiger partial charge in [-0.25, -0.2) is 0 Å². The summed E-state index contributed by atoms with van der Waals surface area (Å²) in [7, 11) is 0. The number of nitrogens with one attached hydrogen (secondary N) is 1. The lowest BCUT2D eigenvalue weighted by molar-refractivity contribution is 0.525. The molecule has 0 fully saturated rings. The van der Waals surface area contributed by atoms with Crippen LogP contribution >= 0.6 is 0 Å². The van der Waals surface area contributed by atoms with Crippen LogP contribution in [-0.4, -0.2) is 14.8 Å². The summed E-state index contributed by atoms with van der Waals surface area (Å²) in [6, 6.07) is 9.75. The second-order valence-electron chi connectivity index (χ2n) is 4.71. The first-order valence-corrected chi connectivity index (χ1v) is 6.52. The summed E-state index contributed by atoms with van der Waals surface area (Å²) < 4.78 is 2.15.